The Morgan fingerprint density at radius 3 is 2.83 bits per heavy atom. The Labute approximate surface area is 93.8 Å². The summed E-state index contributed by atoms with van der Waals surface area (Å²) >= 11 is 14.0. The zero-order valence-corrected chi connectivity index (χ0v) is 10.1. The molecule has 0 aliphatic heterocycles. The maximum absolute atomic E-state index is 8.32. The van der Waals surface area contributed by atoms with Crippen LogP contribution < -0.4 is 0 Å². The van der Waals surface area contributed by atoms with Gasteiger partial charge in [-0.05, 0) is 0 Å². The van der Waals surface area contributed by atoms with E-state index in [1.165, 1.54) is 11.3 Å². The lowest BCUT2D eigenvalue weighted by molar-refractivity contribution is 1.24. The van der Waals surface area contributed by atoms with Crippen LogP contribution in [0.5, 0.6) is 0 Å². The van der Waals surface area contributed by atoms with E-state index in [1.807, 2.05) is 0 Å². The summed E-state index contributed by atoms with van der Waals surface area (Å²) in [6.45, 7) is 0. The lowest BCUT2D eigenvalue weighted by atomic mass is 10.6. The predicted molar refractivity (Wildman–Crippen MR) is 61.2 cm³/mol. The molecule has 0 N–H and O–H groups in total. The van der Waals surface area contributed by atoms with E-state index in [-0.39, 0.29) is 0 Å². The molecular weight excluding hydrogens is 246 g/mol. The summed E-state index contributed by atoms with van der Waals surface area (Å²) in [6, 6.07) is 2.10. The number of thioether (sulfide) groups is 1. The van der Waals surface area contributed by atoms with Gasteiger partial charge in [-0.25, -0.2) is 0 Å². The van der Waals surface area contributed by atoms with Crippen molar-refractivity contribution in [3.63, 3.8) is 0 Å². The van der Waals surface area contributed by atoms with Crippen LogP contribution >= 0.6 is 59.3 Å². The molecule has 0 aliphatic carbocycles. The van der Waals surface area contributed by atoms with Gasteiger partial charge >= 0.3 is 0 Å². The van der Waals surface area contributed by atoms with E-state index in [0.717, 1.165) is 17.3 Å². The first-order valence-corrected chi connectivity index (χ1v) is 6.54. The Bertz CT molecular complexity index is 344. The zero-order valence-electron chi connectivity index (χ0n) is 5.94. The van der Waals surface area contributed by atoms with Crippen molar-refractivity contribution in [3.05, 3.63) is 3.14 Å². The van der Waals surface area contributed by atoms with Crippen LogP contribution in [-0.2, 0) is 0 Å². The Balaban J connectivity index is 2.58. The molecular formula is C6H5NS5. The summed E-state index contributed by atoms with van der Waals surface area (Å²) in [5.41, 5.74) is 0. The molecule has 0 atom stereocenters. The first kappa shape index (κ1) is 10.5. The van der Waals surface area contributed by atoms with Gasteiger partial charge in [-0.2, -0.15) is 5.26 Å². The molecule has 0 aromatic carbocycles. The van der Waals surface area contributed by atoms with Gasteiger partial charge in [-0.3, -0.25) is 0 Å². The summed E-state index contributed by atoms with van der Waals surface area (Å²) < 4.78 is 3.02. The number of nitriles is 1. The van der Waals surface area contributed by atoms with Gasteiger partial charge in [0.2, 0.25) is 0 Å². The maximum atomic E-state index is 8.32. The van der Waals surface area contributed by atoms with Crippen molar-refractivity contribution in [2.45, 2.75) is 14.8 Å². The summed E-state index contributed by atoms with van der Waals surface area (Å²) in [7, 11) is 0. The molecule has 0 fully saturated rings. The van der Waals surface area contributed by atoms with Crippen LogP contribution in [0.15, 0.2) is 8.42 Å². The minimum atomic E-state index is 0.577. The monoisotopic (exact) mass is 251 g/mol. The summed E-state index contributed by atoms with van der Waals surface area (Å²) in [5, 5.41) is 8.32. The topological polar surface area (TPSA) is 23.8 Å². The molecule has 1 heterocycles. The molecule has 0 saturated carbocycles. The van der Waals surface area contributed by atoms with Gasteiger partial charge in [0, 0.05) is 12.2 Å². The smallest absolute Gasteiger partial charge is 0.145 e. The Morgan fingerprint density at radius 2 is 2.33 bits per heavy atom. The lowest BCUT2D eigenvalue weighted by Gasteiger charge is -1.92. The van der Waals surface area contributed by atoms with E-state index >= 15 is 0 Å². The average molecular weight is 251 g/mol. The fraction of sp³-hybridized carbons (Fsp3) is 0.333. The van der Waals surface area contributed by atoms with E-state index in [0.29, 0.717) is 6.42 Å². The molecule has 1 nitrogen and oxygen atoms in total. The van der Waals surface area contributed by atoms with Crippen molar-refractivity contribution in [1.82, 2.24) is 0 Å². The van der Waals surface area contributed by atoms with Crippen LogP contribution in [0.3, 0.4) is 0 Å². The minimum Gasteiger partial charge on any atom is -0.198 e. The summed E-state index contributed by atoms with van der Waals surface area (Å²) in [4.78, 5) is 0. The van der Waals surface area contributed by atoms with Gasteiger partial charge in [0.05, 0.1) is 14.5 Å². The molecule has 12 heavy (non-hydrogen) atoms. The van der Waals surface area contributed by atoms with Crippen LogP contribution in [-0.4, -0.2) is 5.75 Å². The van der Waals surface area contributed by atoms with Crippen molar-refractivity contribution in [2.75, 3.05) is 5.75 Å². The number of hydrogen-bond donors (Lipinski definition) is 1. The van der Waals surface area contributed by atoms with Gasteiger partial charge in [0.1, 0.15) is 3.14 Å². The molecule has 0 amide bonds. The third-order valence-electron chi connectivity index (χ3n) is 0.978. The Kier molecular flexibility index (Phi) is 4.61. The number of nitrogens with zero attached hydrogens (tertiary/aromatic N) is 1. The highest BCUT2D eigenvalue weighted by atomic mass is 32.2. The molecule has 0 radical (unpaired) electrons. The highest BCUT2D eigenvalue weighted by molar-refractivity contribution is 8.02. The quantitative estimate of drug-likeness (QED) is 0.382. The number of thiol groups is 1. The number of hydrogen-bond acceptors (Lipinski definition) is 6. The molecule has 0 bridgehead atoms. The van der Waals surface area contributed by atoms with Crippen molar-refractivity contribution in [1.29, 1.82) is 5.26 Å². The van der Waals surface area contributed by atoms with E-state index in [9.17, 15) is 0 Å². The fourth-order valence-electron chi connectivity index (χ4n) is 0.541. The standard InChI is InChI=1S/C6H5NS5/c7-2-1-3-10-5-4(8)11-6(9)12-5/h8H,1,3H2. The van der Waals surface area contributed by atoms with Crippen molar-refractivity contribution < 1.29 is 0 Å². The molecule has 1 rings (SSSR count). The predicted octanol–water partition coefficient (Wildman–Crippen LogP) is 3.83. The van der Waals surface area contributed by atoms with Gasteiger partial charge in [0.25, 0.3) is 0 Å². The molecule has 64 valence electrons. The van der Waals surface area contributed by atoms with E-state index in [4.69, 9.17) is 17.5 Å². The zero-order chi connectivity index (χ0) is 8.97. The van der Waals surface area contributed by atoms with Crippen LogP contribution in [0, 0.1) is 14.5 Å². The second kappa shape index (κ2) is 5.25. The SMILES string of the molecule is N#CCCSc1sc(=S)sc1S. The first-order valence-electron chi connectivity index (χ1n) is 3.06. The Hall–Kier alpha value is 0.460. The fourth-order valence-corrected chi connectivity index (χ4v) is 5.27. The van der Waals surface area contributed by atoms with Gasteiger partial charge in [-0.1, -0.05) is 12.2 Å². The molecule has 0 spiro atoms. The Morgan fingerprint density at radius 1 is 1.58 bits per heavy atom. The van der Waals surface area contributed by atoms with Crippen molar-refractivity contribution >= 4 is 59.3 Å². The second-order valence-electron chi connectivity index (χ2n) is 1.80. The third kappa shape index (κ3) is 3.07. The van der Waals surface area contributed by atoms with E-state index in [2.05, 4.69) is 18.7 Å². The van der Waals surface area contributed by atoms with Gasteiger partial charge < -0.3 is 0 Å². The molecule has 1 aromatic heterocycles. The highest BCUT2D eigenvalue weighted by Gasteiger charge is 2.03. The van der Waals surface area contributed by atoms with Crippen LogP contribution in [0.2, 0.25) is 0 Å². The maximum Gasteiger partial charge on any atom is 0.145 e. The van der Waals surface area contributed by atoms with E-state index in [1.54, 1.807) is 23.1 Å². The summed E-state index contributed by atoms with van der Waals surface area (Å²) in [6.07, 6.45) is 0.577. The average Bonchev–Trinajstić information content (AvgIpc) is 2.31. The number of rotatable bonds is 3. The largest absolute Gasteiger partial charge is 0.198 e. The van der Waals surface area contributed by atoms with Gasteiger partial charge in [0.15, 0.2) is 0 Å². The van der Waals surface area contributed by atoms with Crippen LogP contribution in [0.25, 0.3) is 0 Å². The van der Waals surface area contributed by atoms with Crippen molar-refractivity contribution in [3.8, 4) is 6.07 Å². The normalized spacial score (nSPS) is 9.67. The molecule has 0 aliphatic rings. The van der Waals surface area contributed by atoms with Crippen LogP contribution in [0.1, 0.15) is 6.42 Å². The molecule has 0 saturated heterocycles. The second-order valence-corrected chi connectivity index (χ2v) is 7.14. The molecule has 1 aromatic rings. The highest BCUT2D eigenvalue weighted by Crippen LogP contribution is 2.36. The van der Waals surface area contributed by atoms with Crippen LogP contribution in [0.4, 0.5) is 0 Å². The van der Waals surface area contributed by atoms with E-state index < -0.39 is 0 Å². The minimum absolute atomic E-state index is 0.577. The lowest BCUT2D eigenvalue weighted by Crippen LogP contribution is -1.72. The molecule has 6 heteroatoms. The third-order valence-corrected chi connectivity index (χ3v) is 5.63. The van der Waals surface area contributed by atoms with Crippen molar-refractivity contribution in [2.24, 2.45) is 0 Å². The molecule has 0 unspecified atom stereocenters. The van der Waals surface area contributed by atoms with Gasteiger partial charge in [-0.15, -0.1) is 47.1 Å². The summed E-state index contributed by atoms with van der Waals surface area (Å²) in [5.74, 6) is 0.825. The first-order chi connectivity index (χ1) is 5.74.